The maximum absolute atomic E-state index is 10.0. The second-order valence-corrected chi connectivity index (χ2v) is 8.96. The minimum absolute atomic E-state index is 0.490. The molecule has 1 aromatic heterocycles. The molecule has 6 aromatic rings. The zero-order valence-electron chi connectivity index (χ0n) is 19.7. The zero-order valence-corrected chi connectivity index (χ0v) is 19.7. The van der Waals surface area contributed by atoms with Crippen molar-refractivity contribution in [3.63, 3.8) is 0 Å². The maximum Gasteiger partial charge on any atom is 0.101 e. The Bertz CT molecular complexity index is 1720. The normalized spacial score (nSPS) is 10.9. The van der Waals surface area contributed by atoms with Crippen LogP contribution in [-0.4, -0.2) is 4.57 Å². The predicted octanol–water partition coefficient (Wildman–Crippen LogP) is 8.17. The van der Waals surface area contributed by atoms with Crippen molar-refractivity contribution in [3.05, 3.63) is 126 Å². The molecule has 36 heavy (non-hydrogen) atoms. The van der Waals surface area contributed by atoms with Crippen LogP contribution < -0.4 is 0 Å². The monoisotopic (exact) mass is 459 g/mol. The van der Waals surface area contributed by atoms with Crippen LogP contribution in [0.15, 0.2) is 109 Å². The third-order valence-electron chi connectivity index (χ3n) is 6.70. The number of benzene rings is 5. The highest BCUT2D eigenvalue weighted by Gasteiger charge is 2.19. The van der Waals surface area contributed by atoms with Crippen molar-refractivity contribution < 1.29 is 0 Å². The lowest BCUT2D eigenvalue weighted by molar-refractivity contribution is 1.15. The van der Waals surface area contributed by atoms with Crippen LogP contribution in [-0.2, 0) is 0 Å². The molecule has 0 aliphatic heterocycles. The Morgan fingerprint density at radius 3 is 1.39 bits per heavy atom. The van der Waals surface area contributed by atoms with E-state index in [2.05, 4.69) is 77.4 Å². The van der Waals surface area contributed by atoms with Gasteiger partial charge in [0, 0.05) is 10.8 Å². The molecule has 0 atom stereocenters. The molecule has 0 fully saturated rings. The van der Waals surface area contributed by atoms with Crippen molar-refractivity contribution in [1.82, 2.24) is 4.57 Å². The molecular weight excluding hydrogens is 438 g/mol. The van der Waals surface area contributed by atoms with Gasteiger partial charge in [-0.2, -0.15) is 10.5 Å². The first-order valence-electron chi connectivity index (χ1n) is 11.8. The van der Waals surface area contributed by atoms with Crippen LogP contribution >= 0.6 is 0 Å². The van der Waals surface area contributed by atoms with Crippen molar-refractivity contribution >= 4 is 21.8 Å². The number of fused-ring (bicyclic) bond motifs is 3. The second kappa shape index (κ2) is 8.58. The first-order valence-corrected chi connectivity index (χ1v) is 11.8. The first-order chi connectivity index (χ1) is 17.7. The molecule has 0 saturated heterocycles. The van der Waals surface area contributed by atoms with Crippen LogP contribution in [0.1, 0.15) is 16.7 Å². The Hall–Kier alpha value is -5.12. The second-order valence-electron chi connectivity index (χ2n) is 8.96. The number of nitriles is 2. The number of hydrogen-bond acceptors (Lipinski definition) is 2. The third-order valence-corrected chi connectivity index (χ3v) is 6.70. The van der Waals surface area contributed by atoms with Gasteiger partial charge in [-0.15, -0.1) is 0 Å². The number of rotatable bonds is 3. The van der Waals surface area contributed by atoms with E-state index in [4.69, 9.17) is 0 Å². The SMILES string of the molecule is Cc1cc(C#N)c(-n2c3ccc(-c4ccccc4)cc3c3cc(-c4ccccc4)ccc32)c(C#N)c1. The van der Waals surface area contributed by atoms with Crippen molar-refractivity contribution in [2.24, 2.45) is 0 Å². The molecule has 0 amide bonds. The lowest BCUT2D eigenvalue weighted by Crippen LogP contribution is -2.02. The molecule has 3 nitrogen and oxygen atoms in total. The minimum Gasteiger partial charge on any atom is -0.307 e. The number of hydrogen-bond donors (Lipinski definition) is 0. The van der Waals surface area contributed by atoms with Gasteiger partial charge in [-0.1, -0.05) is 72.8 Å². The van der Waals surface area contributed by atoms with Crippen LogP contribution in [0, 0.1) is 29.6 Å². The minimum atomic E-state index is 0.490. The van der Waals surface area contributed by atoms with Crippen LogP contribution in [0.25, 0.3) is 49.7 Å². The van der Waals surface area contributed by atoms with Crippen molar-refractivity contribution in [3.8, 4) is 40.1 Å². The Morgan fingerprint density at radius 1 is 0.528 bits per heavy atom. The summed E-state index contributed by atoms with van der Waals surface area (Å²) in [6, 6.07) is 41.8. The fourth-order valence-corrected chi connectivity index (χ4v) is 5.07. The van der Waals surface area contributed by atoms with Gasteiger partial charge >= 0.3 is 0 Å². The van der Waals surface area contributed by atoms with Gasteiger partial charge in [-0.3, -0.25) is 0 Å². The van der Waals surface area contributed by atoms with E-state index >= 15 is 0 Å². The van der Waals surface area contributed by atoms with Crippen molar-refractivity contribution in [2.75, 3.05) is 0 Å². The fourth-order valence-electron chi connectivity index (χ4n) is 5.07. The number of aromatic nitrogens is 1. The van der Waals surface area contributed by atoms with E-state index < -0.39 is 0 Å². The molecule has 0 bridgehead atoms. The smallest absolute Gasteiger partial charge is 0.101 e. The summed E-state index contributed by atoms with van der Waals surface area (Å²) in [5, 5.41) is 22.2. The van der Waals surface area contributed by atoms with Crippen molar-refractivity contribution in [2.45, 2.75) is 6.92 Å². The van der Waals surface area contributed by atoms with Crippen LogP contribution in [0.2, 0.25) is 0 Å². The first kappa shape index (κ1) is 21.4. The Balaban J connectivity index is 1.73. The Labute approximate surface area is 209 Å². The van der Waals surface area contributed by atoms with E-state index in [1.807, 2.05) is 55.5 Å². The van der Waals surface area contributed by atoms with E-state index in [1.165, 1.54) is 0 Å². The summed E-state index contributed by atoms with van der Waals surface area (Å²) >= 11 is 0. The molecule has 6 rings (SSSR count). The Morgan fingerprint density at radius 2 is 0.972 bits per heavy atom. The van der Waals surface area contributed by atoms with Gasteiger partial charge in [0.25, 0.3) is 0 Å². The summed E-state index contributed by atoms with van der Waals surface area (Å²) in [7, 11) is 0. The summed E-state index contributed by atoms with van der Waals surface area (Å²) < 4.78 is 2.07. The number of aryl methyl sites for hydroxylation is 1. The van der Waals surface area contributed by atoms with Gasteiger partial charge < -0.3 is 4.57 Å². The molecule has 5 aromatic carbocycles. The van der Waals surface area contributed by atoms with Gasteiger partial charge in [-0.05, 0) is 71.1 Å². The van der Waals surface area contributed by atoms with Crippen molar-refractivity contribution in [1.29, 1.82) is 10.5 Å². The van der Waals surface area contributed by atoms with E-state index in [9.17, 15) is 10.5 Å². The molecule has 168 valence electrons. The van der Waals surface area contributed by atoms with Crippen LogP contribution in [0.3, 0.4) is 0 Å². The summed E-state index contributed by atoms with van der Waals surface area (Å²) in [5.41, 5.74) is 8.97. The summed E-state index contributed by atoms with van der Waals surface area (Å²) in [4.78, 5) is 0. The van der Waals surface area contributed by atoms with Crippen LogP contribution in [0.4, 0.5) is 0 Å². The lowest BCUT2D eigenvalue weighted by atomic mass is 10.0. The molecule has 0 saturated carbocycles. The van der Waals surface area contributed by atoms with Gasteiger partial charge in [-0.25, -0.2) is 0 Å². The highest BCUT2D eigenvalue weighted by atomic mass is 15.0. The van der Waals surface area contributed by atoms with Gasteiger partial charge in [0.2, 0.25) is 0 Å². The third kappa shape index (κ3) is 3.43. The molecule has 0 unspecified atom stereocenters. The molecule has 0 N–H and O–H groups in total. The van der Waals surface area contributed by atoms with E-state index in [0.717, 1.165) is 49.6 Å². The molecule has 0 spiro atoms. The molecule has 1 heterocycles. The van der Waals surface area contributed by atoms with Gasteiger partial charge in [0.1, 0.15) is 12.1 Å². The fraction of sp³-hybridized carbons (Fsp3) is 0.0303. The molecule has 0 radical (unpaired) electrons. The molecule has 3 heteroatoms. The highest BCUT2D eigenvalue weighted by molar-refractivity contribution is 6.12. The average Bonchev–Trinajstić information content (AvgIpc) is 3.26. The molecule has 0 aliphatic carbocycles. The van der Waals surface area contributed by atoms with E-state index in [-0.39, 0.29) is 0 Å². The van der Waals surface area contributed by atoms with Crippen LogP contribution in [0.5, 0.6) is 0 Å². The molecular formula is C33H21N3. The number of nitrogens with zero attached hydrogens (tertiary/aromatic N) is 3. The van der Waals surface area contributed by atoms with E-state index in [1.54, 1.807) is 0 Å². The lowest BCUT2D eigenvalue weighted by Gasteiger charge is -2.13. The topological polar surface area (TPSA) is 52.5 Å². The predicted molar refractivity (Wildman–Crippen MR) is 146 cm³/mol. The maximum atomic E-state index is 10.0. The highest BCUT2D eigenvalue weighted by Crippen LogP contribution is 2.38. The quantitative estimate of drug-likeness (QED) is 0.268. The van der Waals surface area contributed by atoms with E-state index in [0.29, 0.717) is 16.8 Å². The van der Waals surface area contributed by atoms with Gasteiger partial charge in [0.05, 0.1) is 27.8 Å². The largest absolute Gasteiger partial charge is 0.307 e. The average molecular weight is 460 g/mol. The summed E-state index contributed by atoms with van der Waals surface area (Å²) in [6.07, 6.45) is 0. The Kier molecular flexibility index (Phi) is 5.11. The molecule has 0 aliphatic rings. The standard InChI is InChI=1S/C33H21N3/c1-22-16-27(20-34)33(28(17-22)21-35)36-31-14-12-25(23-8-4-2-5-9-23)18-29(31)30-19-26(13-15-32(30)36)24-10-6-3-7-11-24/h2-19H,1H3. The summed E-state index contributed by atoms with van der Waals surface area (Å²) in [5.74, 6) is 0. The zero-order chi connectivity index (χ0) is 24.6. The van der Waals surface area contributed by atoms with Gasteiger partial charge in [0.15, 0.2) is 0 Å². The summed E-state index contributed by atoms with van der Waals surface area (Å²) in [6.45, 7) is 1.91.